The molecule has 0 amide bonds. The molecule has 0 aliphatic heterocycles. The first-order valence-corrected chi connectivity index (χ1v) is 9.70. The zero-order valence-electron chi connectivity index (χ0n) is 15.3. The van der Waals surface area contributed by atoms with E-state index in [4.69, 9.17) is 21.1 Å². The lowest BCUT2D eigenvalue weighted by Crippen LogP contribution is -2.42. The number of rotatable bonds is 9. The van der Waals surface area contributed by atoms with Gasteiger partial charge in [-0.15, -0.1) is 0 Å². The zero-order chi connectivity index (χ0) is 19.2. The number of benzene rings is 2. The van der Waals surface area contributed by atoms with Gasteiger partial charge in [-0.2, -0.15) is 0 Å². The topological polar surface area (TPSA) is 50.7 Å². The second-order valence-electron chi connectivity index (χ2n) is 6.65. The fourth-order valence-electron chi connectivity index (χ4n) is 2.26. The molecule has 0 aromatic heterocycles. The quantitative estimate of drug-likeness (QED) is 0.577. The van der Waals surface area contributed by atoms with Gasteiger partial charge in [-0.1, -0.05) is 23.7 Å². The molecule has 0 fully saturated rings. The van der Waals surface area contributed by atoms with Crippen molar-refractivity contribution >= 4 is 27.5 Å². The summed E-state index contributed by atoms with van der Waals surface area (Å²) >= 11 is 9.51. The lowest BCUT2D eigenvalue weighted by Gasteiger charge is -2.24. The van der Waals surface area contributed by atoms with Crippen LogP contribution in [0.1, 0.15) is 31.9 Å². The molecule has 6 heteroatoms. The van der Waals surface area contributed by atoms with Crippen LogP contribution in [0, 0.1) is 0 Å². The van der Waals surface area contributed by atoms with Gasteiger partial charge in [-0.25, -0.2) is 0 Å². The van der Waals surface area contributed by atoms with Gasteiger partial charge in [0.25, 0.3) is 0 Å². The second kappa shape index (κ2) is 9.60. The predicted molar refractivity (Wildman–Crippen MR) is 109 cm³/mol. The van der Waals surface area contributed by atoms with E-state index in [0.29, 0.717) is 36.3 Å². The average Bonchev–Trinajstić information content (AvgIpc) is 2.61. The number of aliphatic hydroxyl groups is 1. The van der Waals surface area contributed by atoms with Gasteiger partial charge in [0, 0.05) is 17.1 Å². The average molecular weight is 443 g/mol. The highest BCUT2D eigenvalue weighted by atomic mass is 79.9. The minimum Gasteiger partial charge on any atom is -0.490 e. The molecule has 0 heterocycles. The Hall–Kier alpha value is -1.27. The maximum atomic E-state index is 9.38. The molecule has 0 saturated heterocycles. The third-order valence-corrected chi connectivity index (χ3v) is 4.67. The normalized spacial score (nSPS) is 11.5. The van der Waals surface area contributed by atoms with E-state index in [9.17, 15) is 5.11 Å². The van der Waals surface area contributed by atoms with Gasteiger partial charge in [-0.3, -0.25) is 0 Å². The summed E-state index contributed by atoms with van der Waals surface area (Å²) in [5.41, 5.74) is 1.72. The molecule has 0 radical (unpaired) electrons. The van der Waals surface area contributed by atoms with Crippen molar-refractivity contribution in [2.45, 2.75) is 39.5 Å². The van der Waals surface area contributed by atoms with Gasteiger partial charge in [-0.05, 0) is 72.1 Å². The summed E-state index contributed by atoms with van der Waals surface area (Å²) in [5, 5.41) is 13.4. The minimum absolute atomic E-state index is 0.0643. The van der Waals surface area contributed by atoms with Crippen LogP contribution in [0.5, 0.6) is 11.5 Å². The van der Waals surface area contributed by atoms with Gasteiger partial charge in [0.2, 0.25) is 0 Å². The SMILES string of the molecule is CCOc1cc(CNC(C)(C)CO)cc(Br)c1OCc1ccc(Cl)cc1. The van der Waals surface area contributed by atoms with Crippen LogP contribution in [-0.4, -0.2) is 23.9 Å². The number of halogens is 2. The molecule has 0 aliphatic rings. The monoisotopic (exact) mass is 441 g/mol. The summed E-state index contributed by atoms with van der Waals surface area (Å²) in [7, 11) is 0. The first kappa shape index (κ1) is 21.0. The van der Waals surface area contributed by atoms with E-state index in [1.807, 2.05) is 57.2 Å². The first-order chi connectivity index (χ1) is 12.3. The van der Waals surface area contributed by atoms with Crippen LogP contribution in [0.4, 0.5) is 0 Å². The highest BCUT2D eigenvalue weighted by Gasteiger charge is 2.17. The van der Waals surface area contributed by atoms with Crippen molar-refractivity contribution in [3.63, 3.8) is 0 Å². The largest absolute Gasteiger partial charge is 0.490 e. The second-order valence-corrected chi connectivity index (χ2v) is 7.94. The van der Waals surface area contributed by atoms with E-state index in [1.165, 1.54) is 0 Å². The van der Waals surface area contributed by atoms with Gasteiger partial charge >= 0.3 is 0 Å². The maximum absolute atomic E-state index is 9.38. The van der Waals surface area contributed by atoms with Crippen molar-refractivity contribution in [3.05, 3.63) is 57.0 Å². The van der Waals surface area contributed by atoms with Crippen LogP contribution in [0.15, 0.2) is 40.9 Å². The highest BCUT2D eigenvalue weighted by Crippen LogP contribution is 2.37. The van der Waals surface area contributed by atoms with Crippen molar-refractivity contribution in [2.75, 3.05) is 13.2 Å². The van der Waals surface area contributed by atoms with Crippen LogP contribution in [0.2, 0.25) is 5.02 Å². The number of aliphatic hydroxyl groups excluding tert-OH is 1. The molecule has 2 aromatic carbocycles. The Morgan fingerprint density at radius 1 is 1.12 bits per heavy atom. The van der Waals surface area contributed by atoms with E-state index in [1.54, 1.807) is 0 Å². The number of ether oxygens (including phenoxy) is 2. The van der Waals surface area contributed by atoms with E-state index in [0.717, 1.165) is 15.6 Å². The summed E-state index contributed by atoms with van der Waals surface area (Å²) in [6.07, 6.45) is 0. The van der Waals surface area contributed by atoms with Crippen LogP contribution < -0.4 is 14.8 Å². The Morgan fingerprint density at radius 2 is 1.81 bits per heavy atom. The summed E-state index contributed by atoms with van der Waals surface area (Å²) in [6, 6.07) is 11.5. The third-order valence-electron chi connectivity index (χ3n) is 3.83. The molecule has 0 unspecified atom stereocenters. The summed E-state index contributed by atoms with van der Waals surface area (Å²) < 4.78 is 12.6. The van der Waals surface area contributed by atoms with Crippen molar-refractivity contribution < 1.29 is 14.6 Å². The molecule has 0 spiro atoms. The fraction of sp³-hybridized carbons (Fsp3) is 0.400. The Balaban J connectivity index is 2.15. The molecule has 2 rings (SSSR count). The maximum Gasteiger partial charge on any atom is 0.175 e. The van der Waals surface area contributed by atoms with Crippen LogP contribution in [0.25, 0.3) is 0 Å². The first-order valence-electron chi connectivity index (χ1n) is 8.53. The molecule has 0 aliphatic carbocycles. The number of nitrogens with one attached hydrogen (secondary N) is 1. The van der Waals surface area contributed by atoms with E-state index >= 15 is 0 Å². The smallest absolute Gasteiger partial charge is 0.175 e. The predicted octanol–water partition coefficient (Wildman–Crippen LogP) is 4.94. The molecular formula is C20H25BrClNO3. The third kappa shape index (κ3) is 6.16. The Kier molecular flexibility index (Phi) is 7.77. The van der Waals surface area contributed by atoms with Crippen molar-refractivity contribution in [1.29, 1.82) is 0 Å². The highest BCUT2D eigenvalue weighted by molar-refractivity contribution is 9.10. The Morgan fingerprint density at radius 3 is 2.42 bits per heavy atom. The Labute approximate surface area is 168 Å². The van der Waals surface area contributed by atoms with Gasteiger partial charge in [0.05, 0.1) is 17.7 Å². The van der Waals surface area contributed by atoms with Gasteiger partial charge in [0.15, 0.2) is 11.5 Å². The van der Waals surface area contributed by atoms with E-state index in [-0.39, 0.29) is 12.1 Å². The molecule has 0 bridgehead atoms. The van der Waals surface area contributed by atoms with Crippen LogP contribution in [-0.2, 0) is 13.2 Å². The number of hydrogen-bond acceptors (Lipinski definition) is 4. The Bertz CT molecular complexity index is 720. The standard InChI is InChI=1S/C20H25BrClNO3/c1-4-25-18-10-15(11-23-20(2,3)13-24)9-17(21)19(18)26-12-14-5-7-16(22)8-6-14/h5-10,23-24H,4,11-13H2,1-3H3. The fourth-order valence-corrected chi connectivity index (χ4v) is 2.99. The molecular weight excluding hydrogens is 418 g/mol. The number of hydrogen-bond donors (Lipinski definition) is 2. The van der Waals surface area contributed by atoms with Crippen LogP contribution in [0.3, 0.4) is 0 Å². The molecule has 0 saturated carbocycles. The molecule has 2 aromatic rings. The van der Waals surface area contributed by atoms with Crippen LogP contribution >= 0.6 is 27.5 Å². The molecule has 2 N–H and O–H groups in total. The minimum atomic E-state index is -0.345. The lowest BCUT2D eigenvalue weighted by molar-refractivity contribution is 0.187. The summed E-state index contributed by atoms with van der Waals surface area (Å²) in [5.74, 6) is 1.36. The summed E-state index contributed by atoms with van der Waals surface area (Å²) in [6.45, 7) is 7.49. The molecule has 142 valence electrons. The van der Waals surface area contributed by atoms with Gasteiger partial charge in [0.1, 0.15) is 6.61 Å². The van der Waals surface area contributed by atoms with Crippen molar-refractivity contribution in [1.82, 2.24) is 5.32 Å². The molecule has 0 atom stereocenters. The van der Waals surface area contributed by atoms with Crippen molar-refractivity contribution in [3.8, 4) is 11.5 Å². The van der Waals surface area contributed by atoms with E-state index in [2.05, 4.69) is 21.2 Å². The molecule has 4 nitrogen and oxygen atoms in total. The zero-order valence-corrected chi connectivity index (χ0v) is 17.7. The molecule has 26 heavy (non-hydrogen) atoms. The lowest BCUT2D eigenvalue weighted by atomic mass is 10.1. The summed E-state index contributed by atoms with van der Waals surface area (Å²) in [4.78, 5) is 0. The van der Waals surface area contributed by atoms with Gasteiger partial charge < -0.3 is 19.9 Å². The van der Waals surface area contributed by atoms with E-state index < -0.39 is 0 Å². The van der Waals surface area contributed by atoms with Crippen molar-refractivity contribution in [2.24, 2.45) is 0 Å².